The summed E-state index contributed by atoms with van der Waals surface area (Å²) in [5.41, 5.74) is 0. The number of carbonyl (C=O) groups is 1. The molecule has 1 heterocycles. The van der Waals surface area contributed by atoms with Gasteiger partial charge in [0, 0.05) is 45.7 Å². The molecular weight excluding hydrogens is 321 g/mol. The molecular formula is C16H25ClFN3O2. The first kappa shape index (κ1) is 19.7. The highest BCUT2D eigenvalue weighted by molar-refractivity contribution is 5.85. The highest BCUT2D eigenvalue weighted by Gasteiger charge is 2.16. The Balaban J connectivity index is 0.00000264. The lowest BCUT2D eigenvalue weighted by molar-refractivity contribution is -0.132. The molecule has 130 valence electrons. The second-order valence-electron chi connectivity index (χ2n) is 5.46. The fraction of sp³-hybridized carbons (Fsp3) is 0.562. The Morgan fingerprint density at radius 1 is 1.30 bits per heavy atom. The van der Waals surface area contributed by atoms with E-state index in [-0.39, 0.29) is 29.9 Å². The Kier molecular flexibility index (Phi) is 8.91. The highest BCUT2D eigenvalue weighted by atomic mass is 35.5. The third kappa shape index (κ3) is 6.72. The third-order valence-electron chi connectivity index (χ3n) is 3.74. The van der Waals surface area contributed by atoms with Crippen LogP contribution in [0.15, 0.2) is 24.3 Å². The second-order valence-corrected chi connectivity index (χ2v) is 5.46. The van der Waals surface area contributed by atoms with Crippen LogP contribution in [-0.2, 0) is 4.79 Å². The minimum Gasteiger partial charge on any atom is -0.489 e. The number of rotatable bonds is 7. The average molecular weight is 346 g/mol. The van der Waals surface area contributed by atoms with Gasteiger partial charge in [-0.25, -0.2) is 4.39 Å². The van der Waals surface area contributed by atoms with Gasteiger partial charge in [0.15, 0.2) is 11.6 Å². The number of nitrogens with zero attached hydrogens (tertiary/aromatic N) is 2. The predicted octanol–water partition coefficient (Wildman–Crippen LogP) is 1.38. The molecule has 0 aromatic heterocycles. The van der Waals surface area contributed by atoms with E-state index < -0.39 is 0 Å². The van der Waals surface area contributed by atoms with E-state index in [9.17, 15) is 9.18 Å². The van der Waals surface area contributed by atoms with Crippen LogP contribution in [0.3, 0.4) is 0 Å². The van der Waals surface area contributed by atoms with Gasteiger partial charge in [0.1, 0.15) is 6.61 Å². The largest absolute Gasteiger partial charge is 0.489 e. The summed E-state index contributed by atoms with van der Waals surface area (Å²) in [6.45, 7) is 5.07. The van der Waals surface area contributed by atoms with Crippen LogP contribution in [0.5, 0.6) is 5.75 Å². The van der Waals surface area contributed by atoms with Crippen LogP contribution in [0.2, 0.25) is 0 Å². The van der Waals surface area contributed by atoms with Crippen molar-refractivity contribution in [2.24, 2.45) is 0 Å². The predicted molar refractivity (Wildman–Crippen MR) is 90.7 cm³/mol. The summed E-state index contributed by atoms with van der Waals surface area (Å²) in [6, 6.07) is 6.37. The lowest BCUT2D eigenvalue weighted by atomic mass is 10.3. The van der Waals surface area contributed by atoms with Crippen molar-refractivity contribution in [3.8, 4) is 5.75 Å². The first-order valence-electron chi connectivity index (χ1n) is 7.71. The normalized spacial score (nSPS) is 14.5. The summed E-state index contributed by atoms with van der Waals surface area (Å²) < 4.78 is 18.8. The van der Waals surface area contributed by atoms with Gasteiger partial charge in [0.25, 0.3) is 0 Å². The topological polar surface area (TPSA) is 44.8 Å². The highest BCUT2D eigenvalue weighted by Crippen LogP contribution is 2.14. The molecule has 0 bridgehead atoms. The zero-order valence-corrected chi connectivity index (χ0v) is 14.3. The molecule has 0 saturated carbocycles. The quantitative estimate of drug-likeness (QED) is 0.811. The van der Waals surface area contributed by atoms with Crippen molar-refractivity contribution in [2.45, 2.75) is 6.42 Å². The molecule has 1 amide bonds. The monoisotopic (exact) mass is 345 g/mol. The molecule has 0 aliphatic carbocycles. The van der Waals surface area contributed by atoms with Gasteiger partial charge >= 0.3 is 0 Å². The van der Waals surface area contributed by atoms with Crippen molar-refractivity contribution in [2.75, 3.05) is 52.9 Å². The van der Waals surface area contributed by atoms with E-state index in [1.807, 2.05) is 16.8 Å². The van der Waals surface area contributed by atoms with Crippen LogP contribution < -0.4 is 10.1 Å². The molecule has 0 radical (unpaired) electrons. The average Bonchev–Trinajstić information content (AvgIpc) is 2.55. The van der Waals surface area contributed by atoms with Gasteiger partial charge in [-0.2, -0.15) is 0 Å². The van der Waals surface area contributed by atoms with Crippen molar-refractivity contribution < 1.29 is 13.9 Å². The smallest absolute Gasteiger partial charge is 0.223 e. The Bertz CT molecular complexity index is 484. The van der Waals surface area contributed by atoms with Crippen LogP contribution in [0.25, 0.3) is 0 Å². The fourth-order valence-electron chi connectivity index (χ4n) is 2.34. The maximum absolute atomic E-state index is 13.4. The SMILES string of the molecule is CN(CCOc1ccccc1F)CCC(=O)N1CCNCC1.Cl. The van der Waals surface area contributed by atoms with E-state index in [1.54, 1.807) is 18.2 Å². The van der Waals surface area contributed by atoms with Crippen LogP contribution in [0.4, 0.5) is 4.39 Å². The standard InChI is InChI=1S/C16H24FN3O2.ClH/c1-19(9-6-16(21)20-10-7-18-8-11-20)12-13-22-15-5-3-2-4-14(15)17;/h2-5,18H,6-13H2,1H3;1H. The number of likely N-dealkylation sites (N-methyl/N-ethyl adjacent to an activating group) is 1. The number of piperazine rings is 1. The number of carbonyl (C=O) groups excluding carboxylic acids is 1. The Morgan fingerprint density at radius 3 is 2.70 bits per heavy atom. The summed E-state index contributed by atoms with van der Waals surface area (Å²) in [7, 11) is 1.94. The van der Waals surface area contributed by atoms with Crippen molar-refractivity contribution in [3.05, 3.63) is 30.1 Å². The number of ether oxygens (including phenoxy) is 1. The zero-order chi connectivity index (χ0) is 15.8. The molecule has 5 nitrogen and oxygen atoms in total. The van der Waals surface area contributed by atoms with Crippen LogP contribution in [0.1, 0.15) is 6.42 Å². The Labute approximate surface area is 143 Å². The summed E-state index contributed by atoms with van der Waals surface area (Å²) in [5, 5.41) is 3.23. The van der Waals surface area contributed by atoms with Gasteiger partial charge in [-0.05, 0) is 19.2 Å². The maximum atomic E-state index is 13.4. The Morgan fingerprint density at radius 2 is 2.00 bits per heavy atom. The molecule has 1 aliphatic heterocycles. The molecule has 0 unspecified atom stereocenters. The van der Waals surface area contributed by atoms with E-state index >= 15 is 0 Å². The summed E-state index contributed by atoms with van der Waals surface area (Å²) in [5.74, 6) is 0.121. The lowest BCUT2D eigenvalue weighted by Crippen LogP contribution is -2.47. The molecule has 0 atom stereocenters. The van der Waals surface area contributed by atoms with Crippen molar-refractivity contribution in [1.82, 2.24) is 15.1 Å². The number of benzene rings is 1. The van der Waals surface area contributed by atoms with E-state index in [0.29, 0.717) is 26.1 Å². The van der Waals surface area contributed by atoms with Gasteiger partial charge in [-0.1, -0.05) is 12.1 Å². The van der Waals surface area contributed by atoms with Crippen molar-refractivity contribution in [1.29, 1.82) is 0 Å². The van der Waals surface area contributed by atoms with E-state index in [2.05, 4.69) is 5.32 Å². The van der Waals surface area contributed by atoms with E-state index in [4.69, 9.17) is 4.74 Å². The number of hydrogen-bond donors (Lipinski definition) is 1. The summed E-state index contributed by atoms with van der Waals surface area (Å²) >= 11 is 0. The number of para-hydroxylation sites is 1. The van der Waals surface area contributed by atoms with Crippen molar-refractivity contribution in [3.63, 3.8) is 0 Å². The molecule has 23 heavy (non-hydrogen) atoms. The van der Waals surface area contributed by atoms with Crippen LogP contribution in [0, 0.1) is 5.82 Å². The molecule has 0 spiro atoms. The van der Waals surface area contributed by atoms with Crippen LogP contribution >= 0.6 is 12.4 Å². The minimum atomic E-state index is -0.348. The summed E-state index contributed by atoms with van der Waals surface area (Å²) in [4.78, 5) is 16.0. The molecule has 2 rings (SSSR count). The zero-order valence-electron chi connectivity index (χ0n) is 13.5. The lowest BCUT2D eigenvalue weighted by Gasteiger charge is -2.28. The van der Waals surface area contributed by atoms with Gasteiger partial charge in [-0.3, -0.25) is 4.79 Å². The van der Waals surface area contributed by atoms with E-state index in [0.717, 1.165) is 26.2 Å². The van der Waals surface area contributed by atoms with Gasteiger partial charge in [-0.15, -0.1) is 12.4 Å². The van der Waals surface area contributed by atoms with Crippen LogP contribution in [-0.4, -0.2) is 68.6 Å². The minimum absolute atomic E-state index is 0. The number of halogens is 2. The van der Waals surface area contributed by atoms with Gasteiger partial charge < -0.3 is 19.9 Å². The molecule has 1 aromatic rings. The maximum Gasteiger partial charge on any atom is 0.223 e. The number of amides is 1. The van der Waals surface area contributed by atoms with E-state index in [1.165, 1.54) is 6.07 Å². The second kappa shape index (κ2) is 10.4. The molecule has 1 N–H and O–H groups in total. The molecule has 1 aliphatic rings. The fourth-order valence-corrected chi connectivity index (χ4v) is 2.34. The third-order valence-corrected chi connectivity index (χ3v) is 3.74. The molecule has 1 fully saturated rings. The van der Waals surface area contributed by atoms with Gasteiger partial charge in [0.05, 0.1) is 0 Å². The first-order chi connectivity index (χ1) is 10.7. The first-order valence-corrected chi connectivity index (χ1v) is 7.71. The molecule has 1 aromatic carbocycles. The molecule has 7 heteroatoms. The number of nitrogens with one attached hydrogen (secondary N) is 1. The van der Waals surface area contributed by atoms with Gasteiger partial charge in [0.2, 0.25) is 5.91 Å². The van der Waals surface area contributed by atoms with Crippen molar-refractivity contribution >= 4 is 18.3 Å². The summed E-state index contributed by atoms with van der Waals surface area (Å²) in [6.07, 6.45) is 0.510. The Hall–Kier alpha value is -1.37. The molecule has 1 saturated heterocycles. The number of hydrogen-bond acceptors (Lipinski definition) is 4.